The van der Waals surface area contributed by atoms with E-state index in [9.17, 15) is 13.2 Å². The van der Waals surface area contributed by atoms with Gasteiger partial charge in [0.1, 0.15) is 5.60 Å². The maximum Gasteiger partial charge on any atom is 0.528 e. The highest BCUT2D eigenvalue weighted by Gasteiger charge is 2.35. The highest BCUT2D eigenvalue weighted by Crippen LogP contribution is 2.39. The smallest absolute Gasteiger partial charge is 0.427 e. The third kappa shape index (κ3) is 7.95. The third-order valence-electron chi connectivity index (χ3n) is 7.52. The van der Waals surface area contributed by atoms with Gasteiger partial charge in [0, 0.05) is 48.2 Å². The molecule has 2 fully saturated rings. The van der Waals surface area contributed by atoms with E-state index in [1.165, 1.54) is 6.26 Å². The van der Waals surface area contributed by atoms with E-state index in [1.54, 1.807) is 25.8 Å². The van der Waals surface area contributed by atoms with Crippen LogP contribution in [0.25, 0.3) is 4.91 Å². The molecule has 234 valence electrons. The third-order valence-corrected chi connectivity index (χ3v) is 9.29. The molecule has 2 heterocycles. The normalized spacial score (nSPS) is 16.5. The molecule has 2 saturated heterocycles. The number of ether oxygens (including phenoxy) is 1. The topological polar surface area (TPSA) is 79.4 Å². The van der Waals surface area contributed by atoms with Gasteiger partial charge in [0.15, 0.2) is 9.84 Å². The van der Waals surface area contributed by atoms with Crippen LogP contribution >= 0.6 is 23.2 Å². The van der Waals surface area contributed by atoms with Crippen molar-refractivity contribution < 1.29 is 22.8 Å². The molecule has 2 aliphatic rings. The van der Waals surface area contributed by atoms with E-state index in [0.29, 0.717) is 59.8 Å². The Morgan fingerprint density at radius 1 is 0.841 bits per heavy atom. The van der Waals surface area contributed by atoms with Gasteiger partial charge < -0.3 is 14.5 Å². The summed E-state index contributed by atoms with van der Waals surface area (Å²) < 4.78 is 31.7. The van der Waals surface area contributed by atoms with Crippen molar-refractivity contribution in [2.75, 3.05) is 50.4 Å². The maximum atomic E-state index is 13.2. The maximum absolute atomic E-state index is 13.2. The number of sulfone groups is 1. The Hall–Kier alpha value is -3.08. The first-order chi connectivity index (χ1) is 20.8. The van der Waals surface area contributed by atoms with E-state index in [-0.39, 0.29) is 6.04 Å². The monoisotopic (exact) mass is 657 g/mol. The van der Waals surface area contributed by atoms with Gasteiger partial charge in [-0.05, 0) is 79.4 Å². The van der Waals surface area contributed by atoms with Crippen molar-refractivity contribution >= 4 is 49.8 Å². The number of rotatable bonds is 7. The Morgan fingerprint density at radius 2 is 1.39 bits per heavy atom. The van der Waals surface area contributed by atoms with Gasteiger partial charge in [0.25, 0.3) is 0 Å². The Labute approximate surface area is 269 Å². The van der Waals surface area contributed by atoms with E-state index < -0.39 is 21.6 Å². The van der Waals surface area contributed by atoms with Gasteiger partial charge in [0.05, 0.1) is 24.0 Å². The summed E-state index contributed by atoms with van der Waals surface area (Å²) in [5, 5.41) is 2.91. The molecule has 0 bridgehead atoms. The average molecular weight is 659 g/mol. The van der Waals surface area contributed by atoms with Crippen molar-refractivity contribution in [1.29, 1.82) is 0 Å². The van der Waals surface area contributed by atoms with Crippen molar-refractivity contribution in [2.45, 2.75) is 32.4 Å². The number of anilines is 1. The molecular weight excluding hydrogens is 621 g/mol. The standard InChI is InChI=1S/C33H37Cl2N3O5S/c1-33(2,3)42-32(39)43-38-18-16-36(17-19-38)29-7-5-6-25(20-29)31(44(4,40)41)26-21-37(22-26)30(23-8-12-27(34)13-9-23)24-10-14-28(35)15-11-24/h5-15,20,30H,16-19,21-22H2,1-4H3. The Balaban J connectivity index is 1.34. The van der Waals surface area contributed by atoms with Crippen LogP contribution < -0.4 is 4.90 Å². The van der Waals surface area contributed by atoms with Crippen molar-refractivity contribution in [1.82, 2.24) is 9.96 Å². The van der Waals surface area contributed by atoms with Gasteiger partial charge in [-0.1, -0.05) is 59.6 Å². The number of carbonyl (C=O) groups excluding carboxylic acids is 1. The van der Waals surface area contributed by atoms with Crippen LogP contribution in [0.3, 0.4) is 0 Å². The number of likely N-dealkylation sites (tertiary alicyclic amines) is 1. The second-order valence-corrected chi connectivity index (χ2v) is 15.0. The molecule has 0 amide bonds. The van der Waals surface area contributed by atoms with E-state index >= 15 is 0 Å². The first kappa shape index (κ1) is 32.3. The van der Waals surface area contributed by atoms with Crippen molar-refractivity contribution in [2.24, 2.45) is 0 Å². The molecule has 0 unspecified atom stereocenters. The van der Waals surface area contributed by atoms with Crippen molar-refractivity contribution in [3.8, 4) is 0 Å². The predicted octanol–water partition coefficient (Wildman–Crippen LogP) is 6.84. The predicted molar refractivity (Wildman–Crippen MR) is 176 cm³/mol. The summed E-state index contributed by atoms with van der Waals surface area (Å²) in [6, 6.07) is 23.1. The fourth-order valence-electron chi connectivity index (χ4n) is 5.61. The van der Waals surface area contributed by atoms with Crippen LogP contribution in [0.4, 0.5) is 10.5 Å². The van der Waals surface area contributed by atoms with E-state index in [4.69, 9.17) is 32.8 Å². The minimum Gasteiger partial charge on any atom is -0.427 e. The molecule has 0 spiro atoms. The fourth-order valence-corrected chi connectivity index (χ4v) is 7.07. The van der Waals surface area contributed by atoms with Crippen LogP contribution in [0.1, 0.15) is 43.5 Å². The van der Waals surface area contributed by atoms with E-state index in [0.717, 1.165) is 22.4 Å². The first-order valence-corrected chi connectivity index (χ1v) is 17.1. The second-order valence-electron chi connectivity index (χ2n) is 12.1. The number of piperazine rings is 1. The zero-order valence-electron chi connectivity index (χ0n) is 25.3. The van der Waals surface area contributed by atoms with Gasteiger partial charge in [-0.2, -0.15) is 0 Å². The number of hydrogen-bond acceptors (Lipinski definition) is 8. The highest BCUT2D eigenvalue weighted by atomic mass is 35.5. The molecule has 0 N–H and O–H groups in total. The number of carbonyl (C=O) groups is 1. The Bertz CT molecular complexity index is 1580. The summed E-state index contributed by atoms with van der Waals surface area (Å²) in [6.45, 7) is 8.58. The molecule has 11 heteroatoms. The lowest BCUT2D eigenvalue weighted by Gasteiger charge is -2.42. The van der Waals surface area contributed by atoms with Crippen molar-refractivity contribution in [3.63, 3.8) is 0 Å². The minimum atomic E-state index is -3.53. The summed E-state index contributed by atoms with van der Waals surface area (Å²) in [5.74, 6) is 0. The quantitative estimate of drug-likeness (QED) is 0.256. The highest BCUT2D eigenvalue weighted by molar-refractivity contribution is 8.00. The molecule has 2 aliphatic heterocycles. The Kier molecular flexibility index (Phi) is 9.63. The van der Waals surface area contributed by atoms with Crippen LogP contribution in [0.5, 0.6) is 0 Å². The molecule has 0 saturated carbocycles. The van der Waals surface area contributed by atoms with Crippen LogP contribution in [0, 0.1) is 0 Å². The molecule has 5 rings (SSSR count). The van der Waals surface area contributed by atoms with Crippen LogP contribution in [0.2, 0.25) is 10.0 Å². The fraction of sp³-hybridized carbons (Fsp3) is 0.364. The lowest BCUT2D eigenvalue weighted by molar-refractivity contribution is -0.144. The van der Waals surface area contributed by atoms with Crippen molar-refractivity contribution in [3.05, 3.63) is 105 Å². The zero-order valence-corrected chi connectivity index (χ0v) is 27.6. The number of halogens is 2. The summed E-state index contributed by atoms with van der Waals surface area (Å²) >= 11 is 12.3. The number of hydroxylamine groups is 2. The number of hydrogen-bond donors (Lipinski definition) is 0. The van der Waals surface area contributed by atoms with Crippen LogP contribution in [0.15, 0.2) is 78.4 Å². The Morgan fingerprint density at radius 3 is 1.89 bits per heavy atom. The summed E-state index contributed by atoms with van der Waals surface area (Å²) in [5.41, 5.74) is 3.95. The van der Waals surface area contributed by atoms with Gasteiger partial charge in [0.2, 0.25) is 0 Å². The summed E-state index contributed by atoms with van der Waals surface area (Å²) in [4.78, 5) is 22.2. The van der Waals surface area contributed by atoms with Gasteiger partial charge in [-0.3, -0.25) is 4.90 Å². The second kappa shape index (κ2) is 13.1. The van der Waals surface area contributed by atoms with E-state index in [1.807, 2.05) is 72.8 Å². The lowest BCUT2D eigenvalue weighted by atomic mass is 9.92. The number of benzene rings is 3. The SMILES string of the molecule is CC(C)(C)OC(=O)ON1CCN(c2cccc(C(=C3CN(C(c4ccc(Cl)cc4)c4ccc(Cl)cc4)C3)S(C)(=O)=O)c2)CC1. The molecular formula is C33H37Cl2N3O5S. The van der Waals surface area contributed by atoms with Gasteiger partial charge in [-0.25, -0.2) is 13.2 Å². The average Bonchev–Trinajstić information content (AvgIpc) is 2.92. The molecule has 0 atom stereocenters. The molecule has 8 nitrogen and oxygen atoms in total. The molecule has 0 aromatic heterocycles. The minimum absolute atomic E-state index is 0.0837. The van der Waals surface area contributed by atoms with Gasteiger partial charge in [-0.15, -0.1) is 5.06 Å². The molecule has 44 heavy (non-hydrogen) atoms. The molecule has 0 aliphatic carbocycles. The molecule has 3 aromatic rings. The largest absolute Gasteiger partial charge is 0.528 e. The van der Waals surface area contributed by atoms with Crippen LogP contribution in [-0.4, -0.2) is 75.7 Å². The first-order valence-electron chi connectivity index (χ1n) is 14.5. The van der Waals surface area contributed by atoms with Crippen LogP contribution in [-0.2, 0) is 19.4 Å². The molecule has 3 aromatic carbocycles. The van der Waals surface area contributed by atoms with Gasteiger partial charge >= 0.3 is 6.16 Å². The summed E-state index contributed by atoms with van der Waals surface area (Å²) in [7, 11) is -3.53. The van der Waals surface area contributed by atoms with E-state index in [2.05, 4.69) is 9.80 Å². The lowest BCUT2D eigenvalue weighted by Crippen LogP contribution is -2.47. The number of nitrogens with zero attached hydrogens (tertiary/aromatic N) is 3. The summed E-state index contributed by atoms with van der Waals surface area (Å²) in [6.07, 6.45) is 0.550. The molecule has 0 radical (unpaired) electrons. The zero-order chi connectivity index (χ0) is 31.6.